The van der Waals surface area contributed by atoms with Crippen LogP contribution in [0.25, 0.3) is 0 Å². The number of rotatable bonds is 2. The molecule has 3 N–H and O–H groups in total. The molecule has 0 saturated carbocycles. The quantitative estimate of drug-likeness (QED) is 0.452. The molecule has 0 spiro atoms. The maximum Gasteiger partial charge on any atom is 0.0826 e. The largest absolute Gasteiger partial charge is 0.377 e. The smallest absolute Gasteiger partial charge is 0.0826 e. The second kappa shape index (κ2) is 3.53. The van der Waals surface area contributed by atoms with E-state index in [1.807, 2.05) is 0 Å². The number of hydrogen-bond donors (Lipinski definition) is 2. The Morgan fingerprint density at radius 2 is 2.31 bits per heavy atom. The second-order valence-corrected chi connectivity index (χ2v) is 4.39. The Bertz CT molecular complexity index is 176. The van der Waals surface area contributed by atoms with Crippen LogP contribution < -0.4 is 11.3 Å². The Kier molecular flexibility index (Phi) is 2.55. The van der Waals surface area contributed by atoms with E-state index in [2.05, 4.69) is 17.4 Å². The van der Waals surface area contributed by atoms with Gasteiger partial charge in [0.2, 0.25) is 0 Å². The first-order chi connectivity index (χ1) is 6.27. The van der Waals surface area contributed by atoms with E-state index in [-0.39, 0.29) is 5.54 Å². The van der Waals surface area contributed by atoms with Gasteiger partial charge in [-0.05, 0) is 32.4 Å². The molecule has 0 amide bonds. The fourth-order valence-electron chi connectivity index (χ4n) is 2.38. The number of ether oxygens (including phenoxy) is 1. The molecule has 0 aromatic heterocycles. The number of likely N-dealkylation sites (tertiary alicyclic amines) is 1. The molecule has 2 aliphatic rings. The van der Waals surface area contributed by atoms with Gasteiger partial charge in [0.05, 0.1) is 18.8 Å². The molecule has 2 rings (SSSR count). The predicted octanol–water partition coefficient (Wildman–Crippen LogP) is -0.439. The van der Waals surface area contributed by atoms with E-state index in [1.54, 1.807) is 0 Å². The van der Waals surface area contributed by atoms with Crippen LogP contribution in [-0.4, -0.2) is 43.8 Å². The van der Waals surface area contributed by atoms with Crippen molar-refractivity contribution in [3.8, 4) is 0 Å². The van der Waals surface area contributed by atoms with Crippen LogP contribution in [0.5, 0.6) is 0 Å². The normalized spacial score (nSPS) is 34.2. The zero-order valence-electron chi connectivity index (χ0n) is 8.25. The fraction of sp³-hybridized carbons (Fsp3) is 1.00. The minimum Gasteiger partial charge on any atom is -0.377 e. The summed E-state index contributed by atoms with van der Waals surface area (Å²) in [6.45, 7) is 3.93. The lowest BCUT2D eigenvalue weighted by Crippen LogP contribution is -2.69. The number of nitrogens with two attached hydrogens (primary N) is 1. The van der Waals surface area contributed by atoms with Crippen LogP contribution in [0.4, 0.5) is 0 Å². The van der Waals surface area contributed by atoms with Crippen LogP contribution in [0, 0.1) is 5.92 Å². The molecule has 2 saturated heterocycles. The molecule has 0 radical (unpaired) electrons. The van der Waals surface area contributed by atoms with E-state index in [9.17, 15) is 0 Å². The Balaban J connectivity index is 1.97. The number of nitrogens with one attached hydrogen (secondary N) is 1. The number of hydrazine groups is 1. The molecule has 4 nitrogen and oxygen atoms in total. The summed E-state index contributed by atoms with van der Waals surface area (Å²) in [4.78, 5) is 2.38. The van der Waals surface area contributed by atoms with Crippen molar-refractivity contribution in [1.29, 1.82) is 0 Å². The Labute approximate surface area is 79.4 Å². The van der Waals surface area contributed by atoms with E-state index in [0.29, 0.717) is 5.92 Å². The lowest BCUT2D eigenvalue weighted by atomic mass is 9.78. The average molecular weight is 185 g/mol. The molecule has 76 valence electrons. The fourth-order valence-corrected chi connectivity index (χ4v) is 2.38. The SMILES string of the molecule is CN1CCCC(C2(NN)COC2)C1. The van der Waals surface area contributed by atoms with Gasteiger partial charge in [-0.2, -0.15) is 0 Å². The zero-order valence-corrected chi connectivity index (χ0v) is 8.25. The van der Waals surface area contributed by atoms with Crippen LogP contribution in [0.1, 0.15) is 12.8 Å². The Hall–Kier alpha value is -0.160. The van der Waals surface area contributed by atoms with Crippen molar-refractivity contribution < 1.29 is 4.74 Å². The molecule has 13 heavy (non-hydrogen) atoms. The second-order valence-electron chi connectivity index (χ2n) is 4.39. The van der Waals surface area contributed by atoms with Gasteiger partial charge in [0.25, 0.3) is 0 Å². The molecule has 2 aliphatic heterocycles. The summed E-state index contributed by atoms with van der Waals surface area (Å²) in [5.74, 6) is 6.25. The van der Waals surface area contributed by atoms with E-state index in [1.165, 1.54) is 19.4 Å². The summed E-state index contributed by atoms with van der Waals surface area (Å²) in [6, 6.07) is 0. The van der Waals surface area contributed by atoms with E-state index >= 15 is 0 Å². The van der Waals surface area contributed by atoms with Crippen molar-refractivity contribution in [2.24, 2.45) is 11.8 Å². The molecule has 4 heteroatoms. The Morgan fingerprint density at radius 1 is 1.54 bits per heavy atom. The summed E-state index contributed by atoms with van der Waals surface area (Å²) in [5.41, 5.74) is 3.03. The van der Waals surface area contributed by atoms with Gasteiger partial charge in [0.1, 0.15) is 0 Å². The van der Waals surface area contributed by atoms with Crippen molar-refractivity contribution in [2.75, 3.05) is 33.4 Å². The highest BCUT2D eigenvalue weighted by Gasteiger charge is 2.45. The van der Waals surface area contributed by atoms with Crippen molar-refractivity contribution >= 4 is 0 Å². The lowest BCUT2D eigenvalue weighted by Gasteiger charge is -2.49. The van der Waals surface area contributed by atoms with Gasteiger partial charge in [-0.1, -0.05) is 0 Å². The molecule has 0 bridgehead atoms. The molecule has 1 atom stereocenters. The van der Waals surface area contributed by atoms with E-state index in [0.717, 1.165) is 19.8 Å². The Morgan fingerprint density at radius 3 is 2.77 bits per heavy atom. The maximum atomic E-state index is 5.60. The van der Waals surface area contributed by atoms with Crippen molar-refractivity contribution in [1.82, 2.24) is 10.3 Å². The number of hydrogen-bond acceptors (Lipinski definition) is 4. The number of piperidine rings is 1. The van der Waals surface area contributed by atoms with Gasteiger partial charge < -0.3 is 9.64 Å². The van der Waals surface area contributed by atoms with Gasteiger partial charge in [-0.3, -0.25) is 5.84 Å². The first-order valence-electron chi connectivity index (χ1n) is 5.01. The van der Waals surface area contributed by atoms with Crippen molar-refractivity contribution in [2.45, 2.75) is 18.4 Å². The van der Waals surface area contributed by atoms with Crippen LogP contribution >= 0.6 is 0 Å². The molecular formula is C9H19N3O. The van der Waals surface area contributed by atoms with Gasteiger partial charge in [-0.25, -0.2) is 5.43 Å². The minimum atomic E-state index is 0.0781. The topological polar surface area (TPSA) is 50.5 Å². The molecule has 1 unspecified atom stereocenters. The summed E-state index contributed by atoms with van der Waals surface area (Å²) in [6.07, 6.45) is 2.56. The van der Waals surface area contributed by atoms with E-state index < -0.39 is 0 Å². The molecule has 2 heterocycles. The highest BCUT2D eigenvalue weighted by Crippen LogP contribution is 2.31. The zero-order chi connectivity index (χ0) is 9.31. The van der Waals surface area contributed by atoms with Gasteiger partial charge in [0.15, 0.2) is 0 Å². The molecular weight excluding hydrogens is 166 g/mol. The predicted molar refractivity (Wildman–Crippen MR) is 51.1 cm³/mol. The minimum absolute atomic E-state index is 0.0781. The standard InChI is InChI=1S/C9H19N3O/c1-12-4-2-3-8(5-12)9(11-10)6-13-7-9/h8,11H,2-7,10H2,1H3. The third-order valence-corrected chi connectivity index (χ3v) is 3.41. The van der Waals surface area contributed by atoms with Gasteiger partial charge in [-0.15, -0.1) is 0 Å². The van der Waals surface area contributed by atoms with Gasteiger partial charge in [0, 0.05) is 6.54 Å². The summed E-state index contributed by atoms with van der Waals surface area (Å²) < 4.78 is 5.26. The average Bonchev–Trinajstić information content (AvgIpc) is 2.03. The van der Waals surface area contributed by atoms with Crippen LogP contribution in [0.2, 0.25) is 0 Å². The van der Waals surface area contributed by atoms with Crippen LogP contribution in [0.3, 0.4) is 0 Å². The maximum absolute atomic E-state index is 5.60. The molecule has 0 aromatic carbocycles. The molecule has 2 fully saturated rings. The third kappa shape index (κ3) is 1.59. The van der Waals surface area contributed by atoms with Crippen molar-refractivity contribution in [3.63, 3.8) is 0 Å². The summed E-state index contributed by atoms with van der Waals surface area (Å²) in [5, 5.41) is 0. The highest BCUT2D eigenvalue weighted by molar-refractivity contribution is 5.00. The monoisotopic (exact) mass is 185 g/mol. The summed E-state index contributed by atoms with van der Waals surface area (Å²) in [7, 11) is 2.18. The third-order valence-electron chi connectivity index (χ3n) is 3.41. The van der Waals surface area contributed by atoms with Crippen LogP contribution in [-0.2, 0) is 4.74 Å². The molecule has 0 aromatic rings. The first-order valence-corrected chi connectivity index (χ1v) is 5.01. The lowest BCUT2D eigenvalue weighted by molar-refractivity contribution is -0.115. The summed E-state index contributed by atoms with van der Waals surface area (Å²) >= 11 is 0. The first kappa shape index (κ1) is 9.40. The number of nitrogens with zero attached hydrogens (tertiary/aromatic N) is 1. The van der Waals surface area contributed by atoms with Crippen molar-refractivity contribution in [3.05, 3.63) is 0 Å². The van der Waals surface area contributed by atoms with E-state index in [4.69, 9.17) is 10.6 Å². The van der Waals surface area contributed by atoms with Crippen LogP contribution in [0.15, 0.2) is 0 Å². The van der Waals surface area contributed by atoms with Gasteiger partial charge >= 0.3 is 0 Å². The molecule has 0 aliphatic carbocycles. The highest BCUT2D eigenvalue weighted by atomic mass is 16.5.